The molecule has 0 heterocycles. The predicted octanol–water partition coefficient (Wildman–Crippen LogP) is 3.28. The Morgan fingerprint density at radius 2 is 2.08 bits per heavy atom. The molecular formula is C10H9ClFN. The lowest BCUT2D eigenvalue weighted by atomic mass is 9.86. The van der Waals surface area contributed by atoms with Crippen LogP contribution in [0.25, 0.3) is 0 Å². The minimum absolute atomic E-state index is 0.343. The molecule has 68 valence electrons. The van der Waals surface area contributed by atoms with Gasteiger partial charge in [0.15, 0.2) is 0 Å². The maximum atomic E-state index is 13.3. The van der Waals surface area contributed by atoms with Crippen LogP contribution in [-0.2, 0) is 5.41 Å². The van der Waals surface area contributed by atoms with E-state index >= 15 is 0 Å². The molecule has 0 bridgehead atoms. The highest BCUT2D eigenvalue weighted by atomic mass is 35.5. The van der Waals surface area contributed by atoms with E-state index < -0.39 is 11.2 Å². The summed E-state index contributed by atoms with van der Waals surface area (Å²) in [5, 5.41) is 9.13. The van der Waals surface area contributed by atoms with Crippen LogP contribution in [0.15, 0.2) is 18.2 Å². The van der Waals surface area contributed by atoms with E-state index in [1.165, 1.54) is 6.07 Å². The van der Waals surface area contributed by atoms with Gasteiger partial charge in [-0.15, -0.1) is 0 Å². The molecule has 0 radical (unpaired) electrons. The van der Waals surface area contributed by atoms with Crippen LogP contribution in [0, 0.1) is 17.1 Å². The Kier molecular flexibility index (Phi) is 2.58. The first-order valence-electron chi connectivity index (χ1n) is 3.84. The molecule has 0 saturated carbocycles. The van der Waals surface area contributed by atoms with Gasteiger partial charge in [0.2, 0.25) is 0 Å². The zero-order valence-corrected chi connectivity index (χ0v) is 8.19. The molecule has 0 aliphatic rings. The van der Waals surface area contributed by atoms with Gasteiger partial charge in [-0.1, -0.05) is 17.7 Å². The third-order valence-electron chi connectivity index (χ3n) is 1.88. The molecule has 3 heteroatoms. The van der Waals surface area contributed by atoms with Crippen LogP contribution < -0.4 is 0 Å². The first kappa shape index (κ1) is 10.0. The van der Waals surface area contributed by atoms with E-state index in [1.54, 1.807) is 26.0 Å². The van der Waals surface area contributed by atoms with Gasteiger partial charge < -0.3 is 0 Å². The quantitative estimate of drug-likeness (QED) is 0.678. The van der Waals surface area contributed by atoms with Gasteiger partial charge in [-0.25, -0.2) is 4.39 Å². The maximum Gasteiger partial charge on any atom is 0.129 e. The average Bonchev–Trinajstić information content (AvgIpc) is 2.03. The summed E-state index contributed by atoms with van der Waals surface area (Å²) >= 11 is 5.59. The largest absolute Gasteiger partial charge is 0.207 e. The fourth-order valence-corrected chi connectivity index (χ4v) is 1.22. The lowest BCUT2D eigenvalue weighted by Gasteiger charge is -2.16. The van der Waals surface area contributed by atoms with E-state index in [0.717, 1.165) is 0 Å². The van der Waals surface area contributed by atoms with Crippen molar-refractivity contribution in [3.05, 3.63) is 34.6 Å². The smallest absolute Gasteiger partial charge is 0.129 e. The summed E-state index contributed by atoms with van der Waals surface area (Å²) in [6.45, 7) is 3.33. The van der Waals surface area contributed by atoms with Gasteiger partial charge in [-0.3, -0.25) is 0 Å². The lowest BCUT2D eigenvalue weighted by Crippen LogP contribution is -2.15. The van der Waals surface area contributed by atoms with E-state index in [-0.39, 0.29) is 0 Å². The minimum Gasteiger partial charge on any atom is -0.207 e. The van der Waals surface area contributed by atoms with Gasteiger partial charge in [-0.2, -0.15) is 5.26 Å². The Morgan fingerprint density at radius 3 is 2.54 bits per heavy atom. The molecule has 0 fully saturated rings. The first-order valence-corrected chi connectivity index (χ1v) is 4.22. The summed E-state index contributed by atoms with van der Waals surface area (Å²) in [6, 6.07) is 6.38. The maximum absolute atomic E-state index is 13.3. The fourth-order valence-electron chi connectivity index (χ4n) is 1.06. The highest BCUT2D eigenvalue weighted by Crippen LogP contribution is 2.26. The number of hydrogen-bond donors (Lipinski definition) is 0. The van der Waals surface area contributed by atoms with Gasteiger partial charge in [0.05, 0.1) is 11.5 Å². The van der Waals surface area contributed by atoms with Crippen molar-refractivity contribution in [2.45, 2.75) is 19.3 Å². The highest BCUT2D eigenvalue weighted by molar-refractivity contribution is 6.30. The summed E-state index contributed by atoms with van der Waals surface area (Å²) in [5.41, 5.74) is -0.436. The van der Waals surface area contributed by atoms with Crippen LogP contribution in [0.2, 0.25) is 5.02 Å². The monoisotopic (exact) mass is 197 g/mol. The van der Waals surface area contributed by atoms with Crippen molar-refractivity contribution < 1.29 is 4.39 Å². The SMILES string of the molecule is CC(C)(C#N)c1ccc(Cl)cc1F. The fraction of sp³-hybridized carbons (Fsp3) is 0.300. The second kappa shape index (κ2) is 3.35. The van der Waals surface area contributed by atoms with Crippen molar-refractivity contribution >= 4 is 11.6 Å². The number of nitriles is 1. The Labute approximate surface area is 81.8 Å². The lowest BCUT2D eigenvalue weighted by molar-refractivity contribution is 0.565. The van der Waals surface area contributed by atoms with E-state index in [4.69, 9.17) is 16.9 Å². The number of benzene rings is 1. The average molecular weight is 198 g/mol. The standard InChI is InChI=1S/C10H9ClFN/c1-10(2,6-13)8-4-3-7(11)5-9(8)12/h3-5H,1-2H3. The molecule has 13 heavy (non-hydrogen) atoms. The van der Waals surface area contributed by atoms with Crippen LogP contribution in [0.5, 0.6) is 0 Å². The van der Waals surface area contributed by atoms with Crippen molar-refractivity contribution in [3.63, 3.8) is 0 Å². The Hall–Kier alpha value is -1.07. The van der Waals surface area contributed by atoms with Crippen molar-refractivity contribution in [2.24, 2.45) is 0 Å². The summed E-state index contributed by atoms with van der Waals surface area (Å²) in [5.74, 6) is -0.431. The third-order valence-corrected chi connectivity index (χ3v) is 2.12. The van der Waals surface area contributed by atoms with Crippen molar-refractivity contribution in [1.82, 2.24) is 0 Å². The topological polar surface area (TPSA) is 23.8 Å². The van der Waals surface area contributed by atoms with Crippen molar-refractivity contribution in [1.29, 1.82) is 5.26 Å². The molecule has 1 rings (SSSR count). The van der Waals surface area contributed by atoms with Gasteiger partial charge in [0.1, 0.15) is 5.82 Å². The summed E-state index contributed by atoms with van der Waals surface area (Å²) in [6.07, 6.45) is 0. The molecule has 1 aromatic carbocycles. The Bertz CT molecular complexity index is 366. The second-order valence-corrected chi connectivity index (χ2v) is 3.80. The first-order chi connectivity index (χ1) is 5.97. The highest BCUT2D eigenvalue weighted by Gasteiger charge is 2.23. The number of halogens is 2. The number of hydrogen-bond acceptors (Lipinski definition) is 1. The normalized spacial score (nSPS) is 11.0. The molecule has 1 nitrogen and oxygen atoms in total. The molecule has 0 saturated heterocycles. The molecule has 0 aliphatic heterocycles. The molecular weight excluding hydrogens is 189 g/mol. The number of nitrogens with zero attached hydrogens (tertiary/aromatic N) is 1. The predicted molar refractivity (Wildman–Crippen MR) is 50.0 cm³/mol. The van der Waals surface area contributed by atoms with Crippen LogP contribution in [0.3, 0.4) is 0 Å². The zero-order chi connectivity index (χ0) is 10.1. The van der Waals surface area contributed by atoms with Crippen LogP contribution >= 0.6 is 11.6 Å². The van der Waals surface area contributed by atoms with Gasteiger partial charge >= 0.3 is 0 Å². The Balaban J connectivity index is 3.26. The van der Waals surface area contributed by atoms with Gasteiger partial charge in [0, 0.05) is 10.6 Å². The molecule has 0 unspecified atom stereocenters. The molecule has 0 aliphatic carbocycles. The molecule has 0 spiro atoms. The zero-order valence-electron chi connectivity index (χ0n) is 7.44. The molecule has 0 atom stereocenters. The van der Waals surface area contributed by atoms with Crippen molar-refractivity contribution in [3.8, 4) is 6.07 Å². The minimum atomic E-state index is -0.811. The van der Waals surface area contributed by atoms with Crippen LogP contribution in [0.1, 0.15) is 19.4 Å². The van der Waals surface area contributed by atoms with E-state index in [0.29, 0.717) is 10.6 Å². The van der Waals surface area contributed by atoms with E-state index in [2.05, 4.69) is 0 Å². The molecule has 1 aromatic rings. The summed E-state index contributed by atoms with van der Waals surface area (Å²) in [7, 11) is 0. The molecule has 0 N–H and O–H groups in total. The second-order valence-electron chi connectivity index (χ2n) is 3.36. The van der Waals surface area contributed by atoms with Gasteiger partial charge in [-0.05, 0) is 26.0 Å². The van der Waals surface area contributed by atoms with Gasteiger partial charge in [0.25, 0.3) is 0 Å². The summed E-state index contributed by atoms with van der Waals surface area (Å²) in [4.78, 5) is 0. The van der Waals surface area contributed by atoms with E-state index in [1.807, 2.05) is 6.07 Å². The number of rotatable bonds is 1. The van der Waals surface area contributed by atoms with E-state index in [9.17, 15) is 4.39 Å². The van der Waals surface area contributed by atoms with Crippen LogP contribution in [-0.4, -0.2) is 0 Å². The molecule has 0 amide bonds. The Morgan fingerprint density at radius 1 is 1.46 bits per heavy atom. The third kappa shape index (κ3) is 1.99. The van der Waals surface area contributed by atoms with Crippen LogP contribution in [0.4, 0.5) is 4.39 Å². The summed E-state index contributed by atoms with van der Waals surface area (Å²) < 4.78 is 13.3. The molecule has 0 aromatic heterocycles. The van der Waals surface area contributed by atoms with Crippen molar-refractivity contribution in [2.75, 3.05) is 0 Å².